The van der Waals surface area contributed by atoms with Crippen LogP contribution in [0, 0.1) is 0 Å². The van der Waals surface area contributed by atoms with Crippen LogP contribution < -0.4 is 9.47 Å². The number of ether oxygens (including phenoxy) is 3. The van der Waals surface area contributed by atoms with E-state index in [0.717, 1.165) is 48.8 Å². The lowest BCUT2D eigenvalue weighted by atomic mass is 10.0. The molecular formula is C17H22N4O3. The number of benzene rings is 1. The Balaban J connectivity index is 1.52. The van der Waals surface area contributed by atoms with Crippen molar-refractivity contribution in [2.75, 3.05) is 33.4 Å². The highest BCUT2D eigenvalue weighted by molar-refractivity contribution is 5.47. The summed E-state index contributed by atoms with van der Waals surface area (Å²) in [6, 6.07) is 6.12. The molecule has 1 saturated heterocycles. The van der Waals surface area contributed by atoms with Crippen LogP contribution in [0.4, 0.5) is 0 Å². The van der Waals surface area contributed by atoms with Gasteiger partial charge in [-0.25, -0.2) is 0 Å². The maximum atomic E-state index is 5.93. The molecule has 1 fully saturated rings. The summed E-state index contributed by atoms with van der Waals surface area (Å²) in [5.74, 6) is 1.96. The van der Waals surface area contributed by atoms with Gasteiger partial charge in [-0.3, -0.25) is 4.90 Å². The fourth-order valence-electron chi connectivity index (χ4n) is 3.51. The molecule has 1 aromatic heterocycles. The average molecular weight is 330 g/mol. The third-order valence-electron chi connectivity index (χ3n) is 4.71. The molecule has 0 unspecified atom stereocenters. The van der Waals surface area contributed by atoms with Crippen molar-refractivity contribution in [3.8, 4) is 11.5 Å². The Morgan fingerprint density at radius 2 is 2.21 bits per heavy atom. The molecule has 2 aromatic rings. The largest absolute Gasteiger partial charge is 0.490 e. The molecule has 2 aliphatic heterocycles. The monoisotopic (exact) mass is 330 g/mol. The molecule has 7 heteroatoms. The van der Waals surface area contributed by atoms with E-state index in [9.17, 15) is 0 Å². The Morgan fingerprint density at radius 1 is 1.29 bits per heavy atom. The Morgan fingerprint density at radius 3 is 3.04 bits per heavy atom. The van der Waals surface area contributed by atoms with Crippen molar-refractivity contribution in [3.63, 3.8) is 0 Å². The molecule has 0 spiro atoms. The lowest BCUT2D eigenvalue weighted by molar-refractivity contribution is 0.0956. The minimum absolute atomic E-state index is 0.120. The topological polar surface area (TPSA) is 72.5 Å². The zero-order chi connectivity index (χ0) is 16.4. The molecule has 3 heterocycles. The summed E-state index contributed by atoms with van der Waals surface area (Å²) >= 11 is 0. The van der Waals surface area contributed by atoms with Gasteiger partial charge in [0.2, 0.25) is 0 Å². The van der Waals surface area contributed by atoms with E-state index in [1.165, 1.54) is 0 Å². The quantitative estimate of drug-likeness (QED) is 0.918. The summed E-state index contributed by atoms with van der Waals surface area (Å²) < 4.78 is 17.4. The third-order valence-corrected chi connectivity index (χ3v) is 4.71. The minimum atomic E-state index is 0.120. The van der Waals surface area contributed by atoms with Gasteiger partial charge >= 0.3 is 0 Å². The Kier molecular flexibility index (Phi) is 4.36. The number of rotatable bonds is 4. The number of likely N-dealkylation sites (tertiary alicyclic amines) is 1. The molecule has 0 aliphatic carbocycles. The molecule has 0 amide bonds. The van der Waals surface area contributed by atoms with Gasteiger partial charge < -0.3 is 14.2 Å². The van der Waals surface area contributed by atoms with Gasteiger partial charge in [0.1, 0.15) is 0 Å². The van der Waals surface area contributed by atoms with Crippen LogP contribution in [0.2, 0.25) is 0 Å². The molecule has 4 rings (SSSR count). The van der Waals surface area contributed by atoms with Crippen molar-refractivity contribution >= 4 is 0 Å². The molecule has 2 atom stereocenters. The molecule has 1 N–H and O–H groups in total. The first kappa shape index (κ1) is 15.4. The van der Waals surface area contributed by atoms with Crippen molar-refractivity contribution in [2.24, 2.45) is 0 Å². The number of aromatic amines is 1. The molecule has 1 aromatic carbocycles. The summed E-state index contributed by atoms with van der Waals surface area (Å²) in [5.41, 5.74) is 2.11. The van der Waals surface area contributed by atoms with E-state index in [4.69, 9.17) is 14.2 Å². The molecule has 128 valence electrons. The van der Waals surface area contributed by atoms with Crippen LogP contribution in [-0.4, -0.2) is 59.8 Å². The highest BCUT2D eigenvalue weighted by atomic mass is 16.5. The van der Waals surface area contributed by atoms with Crippen LogP contribution in [0.5, 0.6) is 11.5 Å². The van der Waals surface area contributed by atoms with Gasteiger partial charge in [-0.2, -0.15) is 15.4 Å². The van der Waals surface area contributed by atoms with E-state index in [1.807, 2.05) is 12.1 Å². The van der Waals surface area contributed by atoms with Crippen LogP contribution in [0.25, 0.3) is 0 Å². The summed E-state index contributed by atoms with van der Waals surface area (Å²) in [7, 11) is 1.76. The maximum absolute atomic E-state index is 5.93. The van der Waals surface area contributed by atoms with Crippen LogP contribution in [0.3, 0.4) is 0 Å². The van der Waals surface area contributed by atoms with Gasteiger partial charge in [-0.1, -0.05) is 12.1 Å². The summed E-state index contributed by atoms with van der Waals surface area (Å²) in [6.07, 6.45) is 2.82. The van der Waals surface area contributed by atoms with Crippen molar-refractivity contribution < 1.29 is 14.2 Å². The molecule has 0 bridgehead atoms. The van der Waals surface area contributed by atoms with Gasteiger partial charge in [0.15, 0.2) is 11.5 Å². The highest BCUT2D eigenvalue weighted by Gasteiger charge is 2.36. The number of methoxy groups -OCH3 is 1. The zero-order valence-corrected chi connectivity index (χ0v) is 13.8. The Labute approximate surface area is 140 Å². The number of nitrogens with zero attached hydrogens (tertiary/aromatic N) is 3. The normalized spacial score (nSPS) is 24.0. The predicted octanol–water partition coefficient (Wildman–Crippen LogP) is 1.58. The second-order valence-corrected chi connectivity index (χ2v) is 6.26. The summed E-state index contributed by atoms with van der Waals surface area (Å²) in [5, 5.41) is 10.9. The summed E-state index contributed by atoms with van der Waals surface area (Å²) in [6.45, 7) is 3.96. The Bertz CT molecular complexity index is 676. The van der Waals surface area contributed by atoms with Crippen LogP contribution in [-0.2, 0) is 11.3 Å². The minimum Gasteiger partial charge on any atom is -0.490 e. The molecular weight excluding hydrogens is 308 g/mol. The second kappa shape index (κ2) is 6.78. The van der Waals surface area contributed by atoms with Crippen LogP contribution >= 0.6 is 0 Å². The maximum Gasteiger partial charge on any atom is 0.165 e. The SMILES string of the molecule is CO[C@@H]1CN(Cc2cccc3c2OCCCO3)C[C@H]1c1cn[nH]n1. The van der Waals surface area contributed by atoms with E-state index in [0.29, 0.717) is 13.2 Å². The van der Waals surface area contributed by atoms with E-state index in [1.54, 1.807) is 13.3 Å². The van der Waals surface area contributed by atoms with Gasteiger partial charge in [0.25, 0.3) is 0 Å². The number of para-hydroxylation sites is 1. The van der Waals surface area contributed by atoms with Crippen molar-refractivity contribution in [1.82, 2.24) is 20.3 Å². The van der Waals surface area contributed by atoms with E-state index in [-0.39, 0.29) is 12.0 Å². The lowest BCUT2D eigenvalue weighted by Crippen LogP contribution is -2.23. The standard InChI is InChI=1S/C17H22N4O3/c1-22-16-11-21(10-13(16)14-8-18-20-19-14)9-12-4-2-5-15-17(12)24-7-3-6-23-15/h2,4-5,8,13,16H,3,6-7,9-11H2,1H3,(H,18,19,20)/t13-,16+/m0/s1. The smallest absolute Gasteiger partial charge is 0.165 e. The fourth-order valence-corrected chi connectivity index (χ4v) is 3.51. The van der Waals surface area contributed by atoms with E-state index >= 15 is 0 Å². The van der Waals surface area contributed by atoms with E-state index in [2.05, 4.69) is 26.4 Å². The molecule has 7 nitrogen and oxygen atoms in total. The lowest BCUT2D eigenvalue weighted by Gasteiger charge is -2.18. The highest BCUT2D eigenvalue weighted by Crippen LogP contribution is 2.36. The van der Waals surface area contributed by atoms with Crippen LogP contribution in [0.15, 0.2) is 24.4 Å². The van der Waals surface area contributed by atoms with Crippen LogP contribution in [0.1, 0.15) is 23.6 Å². The zero-order valence-electron chi connectivity index (χ0n) is 13.8. The van der Waals surface area contributed by atoms with Gasteiger partial charge in [0, 0.05) is 44.6 Å². The molecule has 0 saturated carbocycles. The number of fused-ring (bicyclic) bond motifs is 1. The molecule has 2 aliphatic rings. The number of hydrogen-bond acceptors (Lipinski definition) is 6. The number of nitrogens with one attached hydrogen (secondary N) is 1. The predicted molar refractivity (Wildman–Crippen MR) is 87.2 cm³/mol. The van der Waals surface area contributed by atoms with Crippen molar-refractivity contribution in [2.45, 2.75) is 25.0 Å². The number of aromatic nitrogens is 3. The summed E-state index contributed by atoms with van der Waals surface area (Å²) in [4.78, 5) is 2.37. The second-order valence-electron chi connectivity index (χ2n) is 6.26. The number of hydrogen-bond donors (Lipinski definition) is 1. The Hall–Kier alpha value is -2.12. The average Bonchev–Trinajstić information content (AvgIpc) is 3.19. The first-order valence-corrected chi connectivity index (χ1v) is 8.33. The molecule has 24 heavy (non-hydrogen) atoms. The van der Waals surface area contributed by atoms with Gasteiger partial charge in [-0.05, 0) is 6.07 Å². The van der Waals surface area contributed by atoms with Crippen molar-refractivity contribution in [3.05, 3.63) is 35.7 Å². The molecule has 0 radical (unpaired) electrons. The number of H-pyrrole nitrogens is 1. The van der Waals surface area contributed by atoms with Gasteiger partial charge in [-0.15, -0.1) is 0 Å². The van der Waals surface area contributed by atoms with E-state index < -0.39 is 0 Å². The first-order valence-electron chi connectivity index (χ1n) is 8.33. The third kappa shape index (κ3) is 2.97. The van der Waals surface area contributed by atoms with Gasteiger partial charge in [0.05, 0.1) is 31.2 Å². The first-order chi connectivity index (χ1) is 11.8. The van der Waals surface area contributed by atoms with Crippen molar-refractivity contribution in [1.29, 1.82) is 0 Å². The fraction of sp³-hybridized carbons (Fsp3) is 0.529.